The summed E-state index contributed by atoms with van der Waals surface area (Å²) in [6, 6.07) is 8.63. The molecule has 1 aromatic heterocycles. The van der Waals surface area contributed by atoms with E-state index in [1.807, 2.05) is 0 Å². The summed E-state index contributed by atoms with van der Waals surface area (Å²) >= 11 is 0. The third-order valence-electron chi connectivity index (χ3n) is 2.17. The van der Waals surface area contributed by atoms with Crippen molar-refractivity contribution in [1.29, 1.82) is 0 Å². The number of hydrogen-bond donors (Lipinski definition) is 1. The molecule has 0 amide bonds. The lowest BCUT2D eigenvalue weighted by Gasteiger charge is -1.97. The first-order valence-corrected chi connectivity index (χ1v) is 4.72. The zero-order valence-electron chi connectivity index (χ0n) is 8.62. The number of furan rings is 1. The number of anilines is 1. The minimum Gasteiger partial charge on any atom is -0.399 e. The number of benzene rings is 1. The molecule has 0 saturated heterocycles. The summed E-state index contributed by atoms with van der Waals surface area (Å²) in [5, 5.41) is 10.4. The van der Waals surface area contributed by atoms with Crippen molar-refractivity contribution in [2.75, 3.05) is 5.73 Å². The molecular formula is C11H8N2O4. The fourth-order valence-electron chi connectivity index (χ4n) is 1.32. The summed E-state index contributed by atoms with van der Waals surface area (Å²) in [7, 11) is 0. The van der Waals surface area contributed by atoms with Crippen LogP contribution in [0.2, 0.25) is 0 Å². The van der Waals surface area contributed by atoms with Gasteiger partial charge in [0.1, 0.15) is 4.92 Å². The molecule has 1 heterocycles. The smallest absolute Gasteiger partial charge is 0.399 e. The molecule has 0 fully saturated rings. The van der Waals surface area contributed by atoms with Crippen molar-refractivity contribution in [3.63, 3.8) is 0 Å². The first kappa shape index (κ1) is 10.9. The van der Waals surface area contributed by atoms with Gasteiger partial charge in [0.15, 0.2) is 5.76 Å². The highest BCUT2D eigenvalue weighted by Gasteiger charge is 2.18. The molecule has 0 unspecified atom stereocenters. The Morgan fingerprint density at radius 1 is 1.18 bits per heavy atom. The van der Waals surface area contributed by atoms with Gasteiger partial charge in [0.05, 0.1) is 6.07 Å². The van der Waals surface area contributed by atoms with Crippen molar-refractivity contribution in [2.45, 2.75) is 0 Å². The van der Waals surface area contributed by atoms with E-state index >= 15 is 0 Å². The largest absolute Gasteiger partial charge is 0.433 e. The molecule has 0 bridgehead atoms. The van der Waals surface area contributed by atoms with Crippen LogP contribution in [0.1, 0.15) is 16.1 Å². The predicted molar refractivity (Wildman–Crippen MR) is 59.6 cm³/mol. The lowest BCUT2D eigenvalue weighted by Crippen LogP contribution is -1.99. The molecule has 1 aromatic carbocycles. The SMILES string of the molecule is Nc1ccc(C(=O)c2ccc([N+](=O)[O-])o2)cc1. The zero-order valence-corrected chi connectivity index (χ0v) is 8.62. The highest BCUT2D eigenvalue weighted by molar-refractivity contribution is 6.07. The van der Waals surface area contributed by atoms with Gasteiger partial charge in [-0.05, 0) is 30.3 Å². The van der Waals surface area contributed by atoms with E-state index in [4.69, 9.17) is 10.2 Å². The molecule has 6 nitrogen and oxygen atoms in total. The molecular weight excluding hydrogens is 224 g/mol. The van der Waals surface area contributed by atoms with Crippen LogP contribution in [0.5, 0.6) is 0 Å². The maximum atomic E-state index is 11.8. The van der Waals surface area contributed by atoms with Gasteiger partial charge >= 0.3 is 5.88 Å². The molecule has 0 aliphatic rings. The minimum absolute atomic E-state index is 0.0681. The molecule has 6 heteroatoms. The Hall–Kier alpha value is -2.63. The van der Waals surface area contributed by atoms with Crippen LogP contribution in [0.15, 0.2) is 40.8 Å². The van der Waals surface area contributed by atoms with E-state index in [2.05, 4.69) is 0 Å². The lowest BCUT2D eigenvalue weighted by molar-refractivity contribution is -0.402. The van der Waals surface area contributed by atoms with Crippen molar-refractivity contribution in [3.8, 4) is 0 Å². The fourth-order valence-corrected chi connectivity index (χ4v) is 1.32. The number of nitro groups is 1. The first-order chi connectivity index (χ1) is 8.08. The van der Waals surface area contributed by atoms with Crippen molar-refractivity contribution in [2.24, 2.45) is 0 Å². The van der Waals surface area contributed by atoms with Gasteiger partial charge in [-0.3, -0.25) is 14.9 Å². The Labute approximate surface area is 95.8 Å². The average molecular weight is 232 g/mol. The van der Waals surface area contributed by atoms with Gasteiger partial charge in [-0.2, -0.15) is 0 Å². The topological polar surface area (TPSA) is 99.4 Å². The monoisotopic (exact) mass is 232 g/mol. The number of carbonyl (C=O) groups is 1. The Morgan fingerprint density at radius 2 is 1.82 bits per heavy atom. The van der Waals surface area contributed by atoms with Crippen LogP contribution in [0.4, 0.5) is 11.6 Å². The summed E-state index contributed by atoms with van der Waals surface area (Å²) in [5.41, 5.74) is 6.38. The zero-order chi connectivity index (χ0) is 12.4. The van der Waals surface area contributed by atoms with E-state index in [0.717, 1.165) is 6.07 Å². The average Bonchev–Trinajstić information content (AvgIpc) is 2.78. The van der Waals surface area contributed by atoms with Crippen LogP contribution in [0, 0.1) is 10.1 Å². The predicted octanol–water partition coefficient (Wildman–Crippen LogP) is 2.00. The van der Waals surface area contributed by atoms with E-state index < -0.39 is 16.6 Å². The molecule has 86 valence electrons. The molecule has 0 aliphatic carbocycles. The highest BCUT2D eigenvalue weighted by Crippen LogP contribution is 2.19. The summed E-state index contributed by atoms with van der Waals surface area (Å²) < 4.78 is 4.81. The second kappa shape index (κ2) is 4.09. The highest BCUT2D eigenvalue weighted by atomic mass is 16.6. The fraction of sp³-hybridized carbons (Fsp3) is 0. The Kier molecular flexibility index (Phi) is 2.61. The second-order valence-corrected chi connectivity index (χ2v) is 3.35. The number of nitrogen functional groups attached to an aromatic ring is 1. The number of nitrogens with two attached hydrogens (primary N) is 1. The van der Waals surface area contributed by atoms with Crippen LogP contribution in [-0.4, -0.2) is 10.7 Å². The molecule has 0 spiro atoms. The van der Waals surface area contributed by atoms with Crippen LogP contribution >= 0.6 is 0 Å². The van der Waals surface area contributed by atoms with Gasteiger partial charge in [-0.15, -0.1) is 0 Å². The number of rotatable bonds is 3. The van der Waals surface area contributed by atoms with Crippen molar-refractivity contribution < 1.29 is 14.1 Å². The maximum Gasteiger partial charge on any atom is 0.433 e. The Bertz CT molecular complexity index is 571. The molecule has 2 rings (SSSR count). The quantitative estimate of drug-likeness (QED) is 0.377. The van der Waals surface area contributed by atoms with E-state index in [0.29, 0.717) is 11.3 Å². The molecule has 2 N–H and O–H groups in total. The molecule has 2 aromatic rings. The Morgan fingerprint density at radius 3 is 2.35 bits per heavy atom. The number of hydrogen-bond acceptors (Lipinski definition) is 5. The molecule has 0 aliphatic heterocycles. The molecule has 0 radical (unpaired) electrons. The number of ketones is 1. The maximum absolute atomic E-state index is 11.8. The van der Waals surface area contributed by atoms with Crippen molar-refractivity contribution >= 4 is 17.4 Å². The van der Waals surface area contributed by atoms with Gasteiger partial charge in [0, 0.05) is 11.3 Å². The normalized spacial score (nSPS) is 10.1. The standard InChI is InChI=1S/C11H8N2O4/c12-8-3-1-7(2-4-8)11(14)9-5-6-10(17-9)13(15)16/h1-6H,12H2. The van der Waals surface area contributed by atoms with Gasteiger partial charge in [-0.25, -0.2) is 0 Å². The van der Waals surface area contributed by atoms with E-state index in [9.17, 15) is 14.9 Å². The van der Waals surface area contributed by atoms with Crippen molar-refractivity contribution in [3.05, 3.63) is 57.8 Å². The first-order valence-electron chi connectivity index (χ1n) is 4.72. The van der Waals surface area contributed by atoms with Crippen LogP contribution in [-0.2, 0) is 0 Å². The van der Waals surface area contributed by atoms with Gasteiger partial charge < -0.3 is 10.2 Å². The van der Waals surface area contributed by atoms with E-state index in [1.54, 1.807) is 12.1 Å². The summed E-state index contributed by atoms with van der Waals surface area (Å²) in [6.07, 6.45) is 0. The summed E-state index contributed by atoms with van der Waals surface area (Å²) in [4.78, 5) is 21.5. The molecule has 17 heavy (non-hydrogen) atoms. The molecule has 0 atom stereocenters. The van der Waals surface area contributed by atoms with Gasteiger partial charge in [0.2, 0.25) is 5.78 Å². The third-order valence-corrected chi connectivity index (χ3v) is 2.17. The minimum atomic E-state index is -0.695. The van der Waals surface area contributed by atoms with Gasteiger partial charge in [0.25, 0.3) is 0 Å². The third kappa shape index (κ3) is 2.15. The van der Waals surface area contributed by atoms with Crippen LogP contribution < -0.4 is 5.73 Å². The van der Waals surface area contributed by atoms with Gasteiger partial charge in [-0.1, -0.05) is 0 Å². The van der Waals surface area contributed by atoms with Crippen molar-refractivity contribution in [1.82, 2.24) is 0 Å². The second-order valence-electron chi connectivity index (χ2n) is 3.35. The lowest BCUT2D eigenvalue weighted by atomic mass is 10.1. The van der Waals surface area contributed by atoms with E-state index in [1.165, 1.54) is 18.2 Å². The summed E-state index contributed by atoms with van der Waals surface area (Å²) in [5.74, 6) is -0.941. The number of nitrogens with zero attached hydrogens (tertiary/aromatic N) is 1. The van der Waals surface area contributed by atoms with E-state index in [-0.39, 0.29) is 5.76 Å². The van der Waals surface area contributed by atoms with Crippen LogP contribution in [0.3, 0.4) is 0 Å². The summed E-state index contributed by atoms with van der Waals surface area (Å²) in [6.45, 7) is 0. The Balaban J connectivity index is 2.30. The molecule has 0 saturated carbocycles. The van der Waals surface area contributed by atoms with Crippen LogP contribution in [0.25, 0.3) is 0 Å². The number of carbonyl (C=O) groups excluding carboxylic acids is 1.